The Bertz CT molecular complexity index is 408. The Hall–Kier alpha value is -1.58. The van der Waals surface area contributed by atoms with Gasteiger partial charge in [-0.3, -0.25) is 0 Å². The maximum atomic E-state index is 9.37. The van der Waals surface area contributed by atoms with Gasteiger partial charge in [0.05, 0.1) is 6.20 Å². The number of aromatic nitrogens is 3. The smallest absolute Gasteiger partial charge is 0.217 e. The van der Waals surface area contributed by atoms with Crippen molar-refractivity contribution in [3.63, 3.8) is 0 Å². The van der Waals surface area contributed by atoms with Crippen LogP contribution in [0.5, 0.6) is 5.88 Å². The van der Waals surface area contributed by atoms with Crippen LogP contribution < -0.4 is 0 Å². The van der Waals surface area contributed by atoms with Crippen molar-refractivity contribution in [1.82, 2.24) is 14.6 Å². The van der Waals surface area contributed by atoms with Crippen LogP contribution in [0.25, 0.3) is 5.65 Å². The number of aryl methyl sites for hydroxylation is 1. The summed E-state index contributed by atoms with van der Waals surface area (Å²) in [6, 6.07) is 1.75. The summed E-state index contributed by atoms with van der Waals surface area (Å²) in [5, 5.41) is 13.4. The van der Waals surface area contributed by atoms with Crippen molar-refractivity contribution in [2.45, 2.75) is 13.3 Å². The topological polar surface area (TPSA) is 50.4 Å². The molecule has 0 saturated carbocycles. The lowest BCUT2D eigenvalue weighted by Gasteiger charge is -2.00. The zero-order valence-corrected chi connectivity index (χ0v) is 6.73. The van der Waals surface area contributed by atoms with E-state index in [1.54, 1.807) is 23.0 Å². The molecular formula is C8H9N3O. The van der Waals surface area contributed by atoms with Gasteiger partial charge in [0.1, 0.15) is 0 Å². The number of fused-ring (bicyclic) bond motifs is 1. The summed E-state index contributed by atoms with van der Waals surface area (Å²) in [6.07, 6.45) is 4.20. The molecule has 0 radical (unpaired) electrons. The van der Waals surface area contributed by atoms with E-state index in [0.717, 1.165) is 12.0 Å². The van der Waals surface area contributed by atoms with Gasteiger partial charge >= 0.3 is 0 Å². The van der Waals surface area contributed by atoms with Crippen LogP contribution in [0.3, 0.4) is 0 Å². The zero-order chi connectivity index (χ0) is 8.55. The minimum Gasteiger partial charge on any atom is -0.493 e. The monoisotopic (exact) mass is 163 g/mol. The van der Waals surface area contributed by atoms with Crippen molar-refractivity contribution < 1.29 is 5.11 Å². The molecule has 0 aliphatic rings. The molecule has 0 bridgehead atoms. The van der Waals surface area contributed by atoms with E-state index in [0.29, 0.717) is 5.65 Å². The zero-order valence-electron chi connectivity index (χ0n) is 6.73. The molecule has 4 nitrogen and oxygen atoms in total. The third-order valence-electron chi connectivity index (χ3n) is 1.82. The van der Waals surface area contributed by atoms with Crippen molar-refractivity contribution in [2.75, 3.05) is 0 Å². The van der Waals surface area contributed by atoms with Crippen molar-refractivity contribution in [2.24, 2.45) is 0 Å². The Morgan fingerprint density at radius 1 is 1.58 bits per heavy atom. The van der Waals surface area contributed by atoms with Gasteiger partial charge in [-0.1, -0.05) is 6.92 Å². The van der Waals surface area contributed by atoms with Gasteiger partial charge in [0.2, 0.25) is 5.88 Å². The molecule has 2 heterocycles. The van der Waals surface area contributed by atoms with Crippen LogP contribution in [-0.4, -0.2) is 19.7 Å². The predicted octanol–water partition coefficient (Wildman–Crippen LogP) is 0.997. The number of nitrogens with zero attached hydrogens (tertiary/aromatic N) is 3. The van der Waals surface area contributed by atoms with Gasteiger partial charge in [-0.2, -0.15) is 10.1 Å². The summed E-state index contributed by atoms with van der Waals surface area (Å²) in [5.41, 5.74) is 1.48. The molecule has 12 heavy (non-hydrogen) atoms. The number of rotatable bonds is 1. The Labute approximate surface area is 69.5 Å². The number of hydrogen-bond donors (Lipinski definition) is 1. The summed E-state index contributed by atoms with van der Waals surface area (Å²) < 4.78 is 1.65. The average molecular weight is 163 g/mol. The highest BCUT2D eigenvalue weighted by Gasteiger charge is 2.02. The Morgan fingerprint density at radius 3 is 3.17 bits per heavy atom. The first kappa shape index (κ1) is 7.09. The van der Waals surface area contributed by atoms with Crippen LogP contribution in [0.15, 0.2) is 18.5 Å². The molecule has 0 fully saturated rings. The van der Waals surface area contributed by atoms with E-state index in [1.165, 1.54) is 0 Å². The second kappa shape index (κ2) is 2.48. The minimum atomic E-state index is 0.102. The normalized spacial score (nSPS) is 10.8. The largest absolute Gasteiger partial charge is 0.493 e. The van der Waals surface area contributed by atoms with Crippen LogP contribution in [0, 0.1) is 0 Å². The molecule has 0 amide bonds. The lowest BCUT2D eigenvalue weighted by molar-refractivity contribution is 0.446. The van der Waals surface area contributed by atoms with Gasteiger partial charge in [-0.15, -0.1) is 0 Å². The maximum absolute atomic E-state index is 9.37. The Morgan fingerprint density at radius 2 is 2.42 bits per heavy atom. The van der Waals surface area contributed by atoms with E-state index >= 15 is 0 Å². The van der Waals surface area contributed by atoms with Gasteiger partial charge in [0.25, 0.3) is 0 Å². The van der Waals surface area contributed by atoms with Crippen LogP contribution in [0.4, 0.5) is 0 Å². The molecule has 2 aromatic rings. The fourth-order valence-electron chi connectivity index (χ4n) is 1.13. The van der Waals surface area contributed by atoms with E-state index in [9.17, 15) is 5.11 Å². The Kier molecular flexibility index (Phi) is 1.46. The van der Waals surface area contributed by atoms with Crippen LogP contribution in [-0.2, 0) is 6.42 Å². The molecule has 4 heteroatoms. The maximum Gasteiger partial charge on any atom is 0.217 e. The molecular weight excluding hydrogens is 154 g/mol. The van der Waals surface area contributed by atoms with Crippen LogP contribution >= 0.6 is 0 Å². The quantitative estimate of drug-likeness (QED) is 0.682. The van der Waals surface area contributed by atoms with Gasteiger partial charge in [-0.25, -0.2) is 4.52 Å². The molecule has 0 saturated heterocycles. The minimum absolute atomic E-state index is 0.102. The molecule has 1 N–H and O–H groups in total. The summed E-state index contributed by atoms with van der Waals surface area (Å²) in [7, 11) is 0. The lowest BCUT2D eigenvalue weighted by Crippen LogP contribution is -1.94. The summed E-state index contributed by atoms with van der Waals surface area (Å²) >= 11 is 0. The summed E-state index contributed by atoms with van der Waals surface area (Å²) in [4.78, 5) is 3.96. The third-order valence-corrected chi connectivity index (χ3v) is 1.82. The first-order valence-electron chi connectivity index (χ1n) is 3.83. The standard InChI is InChI=1S/C8H9N3O/c1-2-6-5-11-7(3-4-9-11)10-8(6)12/h3-5H,2H2,1H3,(H,10,12). The van der Waals surface area contributed by atoms with Gasteiger partial charge in [-0.05, 0) is 6.42 Å². The highest BCUT2D eigenvalue weighted by molar-refractivity contribution is 5.40. The van der Waals surface area contributed by atoms with Crippen molar-refractivity contribution in [3.8, 4) is 5.88 Å². The molecule has 62 valence electrons. The molecule has 0 spiro atoms. The highest BCUT2D eigenvalue weighted by Crippen LogP contribution is 2.14. The van der Waals surface area contributed by atoms with E-state index < -0.39 is 0 Å². The predicted molar refractivity (Wildman–Crippen MR) is 44.0 cm³/mol. The fourth-order valence-corrected chi connectivity index (χ4v) is 1.13. The van der Waals surface area contributed by atoms with E-state index in [4.69, 9.17) is 0 Å². The first-order chi connectivity index (χ1) is 5.81. The van der Waals surface area contributed by atoms with Crippen molar-refractivity contribution >= 4 is 5.65 Å². The van der Waals surface area contributed by atoms with Gasteiger partial charge in [0.15, 0.2) is 5.65 Å². The first-order valence-corrected chi connectivity index (χ1v) is 3.83. The summed E-state index contributed by atoms with van der Waals surface area (Å²) in [6.45, 7) is 1.96. The molecule has 0 aliphatic heterocycles. The van der Waals surface area contributed by atoms with Crippen molar-refractivity contribution in [1.29, 1.82) is 0 Å². The highest BCUT2D eigenvalue weighted by atomic mass is 16.3. The van der Waals surface area contributed by atoms with Crippen LogP contribution in [0.2, 0.25) is 0 Å². The molecule has 0 aromatic carbocycles. The van der Waals surface area contributed by atoms with E-state index in [1.807, 2.05) is 6.92 Å². The second-order valence-corrected chi connectivity index (χ2v) is 2.58. The Balaban J connectivity index is 2.73. The number of hydrogen-bond acceptors (Lipinski definition) is 3. The summed E-state index contributed by atoms with van der Waals surface area (Å²) in [5.74, 6) is 0.102. The van der Waals surface area contributed by atoms with Gasteiger partial charge < -0.3 is 5.11 Å². The van der Waals surface area contributed by atoms with Gasteiger partial charge in [0, 0.05) is 17.8 Å². The lowest BCUT2D eigenvalue weighted by atomic mass is 10.2. The average Bonchev–Trinajstić information content (AvgIpc) is 2.49. The fraction of sp³-hybridized carbons (Fsp3) is 0.250. The molecule has 0 unspecified atom stereocenters. The molecule has 2 rings (SSSR count). The number of aromatic hydroxyl groups is 1. The molecule has 0 aliphatic carbocycles. The SMILES string of the molecule is CCc1cn2nccc2nc1O. The van der Waals surface area contributed by atoms with E-state index in [2.05, 4.69) is 10.1 Å². The third kappa shape index (κ3) is 0.922. The van der Waals surface area contributed by atoms with Crippen molar-refractivity contribution in [3.05, 3.63) is 24.0 Å². The van der Waals surface area contributed by atoms with Crippen LogP contribution in [0.1, 0.15) is 12.5 Å². The van der Waals surface area contributed by atoms with E-state index in [-0.39, 0.29) is 5.88 Å². The molecule has 0 atom stereocenters. The second-order valence-electron chi connectivity index (χ2n) is 2.58. The molecule has 2 aromatic heterocycles.